The van der Waals surface area contributed by atoms with Crippen LogP contribution in [0.5, 0.6) is 0 Å². The molecule has 2 aromatic heterocycles. The molecule has 4 N–H and O–H groups in total. The van der Waals surface area contributed by atoms with E-state index in [2.05, 4.69) is 25.5 Å². The molecule has 2 aliphatic heterocycles. The minimum atomic E-state index is -0.780. The summed E-state index contributed by atoms with van der Waals surface area (Å²) in [5.41, 5.74) is 10.2. The number of aliphatic carboxylic acids is 1. The number of amides is 2. The van der Waals surface area contributed by atoms with Gasteiger partial charge in [-0.1, -0.05) is 30.7 Å². The average Bonchev–Trinajstić information content (AvgIpc) is 4.12. The number of nitrogens with one attached hydrogen (secondary N) is 2. The van der Waals surface area contributed by atoms with Crippen LogP contribution in [0.25, 0.3) is 11.1 Å². The van der Waals surface area contributed by atoms with Gasteiger partial charge in [-0.05, 0) is 146 Å². The lowest BCUT2D eigenvalue weighted by atomic mass is 9.94. The molecule has 2 amide bonds. The van der Waals surface area contributed by atoms with Crippen LogP contribution in [0.15, 0.2) is 60.9 Å². The van der Waals surface area contributed by atoms with Gasteiger partial charge in [0.2, 0.25) is 0 Å². The summed E-state index contributed by atoms with van der Waals surface area (Å²) in [6.45, 7) is 7.49. The molecule has 4 heterocycles. The van der Waals surface area contributed by atoms with E-state index in [4.69, 9.17) is 0 Å². The number of hydrogen-bond donors (Lipinski definition) is 4. The minimum Gasteiger partial charge on any atom is -0.480 e. The Morgan fingerprint density at radius 1 is 0.727 bits per heavy atom. The lowest BCUT2D eigenvalue weighted by molar-refractivity contribution is -0.144. The Morgan fingerprint density at radius 2 is 1.27 bits per heavy atom. The monoisotopic (exact) mass is 742 g/mol. The van der Waals surface area contributed by atoms with Crippen molar-refractivity contribution in [3.05, 3.63) is 106 Å². The van der Waals surface area contributed by atoms with Crippen molar-refractivity contribution < 1.29 is 24.6 Å². The van der Waals surface area contributed by atoms with Gasteiger partial charge in [0.05, 0.1) is 6.10 Å². The first-order valence-electron chi connectivity index (χ1n) is 19.8. The van der Waals surface area contributed by atoms with Crippen molar-refractivity contribution in [1.82, 2.24) is 19.8 Å². The van der Waals surface area contributed by atoms with E-state index in [0.29, 0.717) is 54.1 Å². The second-order valence-electron chi connectivity index (χ2n) is 15.9. The molecular formula is C44H50N6O5. The van der Waals surface area contributed by atoms with Gasteiger partial charge in [-0.25, -0.2) is 0 Å². The maximum atomic E-state index is 13.7. The molecule has 8 rings (SSSR count). The highest BCUT2D eigenvalue weighted by Gasteiger charge is 2.33. The molecule has 2 saturated heterocycles. The Balaban J connectivity index is 0.978. The maximum absolute atomic E-state index is 13.7. The SMILES string of the molecule is Cc1c(NC(=O)c2cc(C3CC3)c(CN3CC[C@H](O)C3)cn2)cccc1-c1cccc(NC(=O)c2cc(C3CC3)c(CN3CCCC[C@H]3C(=O)O)cn2)c1C. The van der Waals surface area contributed by atoms with Gasteiger partial charge in [0.1, 0.15) is 17.4 Å². The normalized spacial score (nSPS) is 20.3. The van der Waals surface area contributed by atoms with Gasteiger partial charge in [0, 0.05) is 49.9 Å². The quantitative estimate of drug-likeness (QED) is 0.120. The number of β-amino-alcohol motifs (C(OH)–C–C–N with tert-alkyl or cyclic N) is 1. The van der Waals surface area contributed by atoms with Crippen LogP contribution in [0.1, 0.15) is 118 Å². The van der Waals surface area contributed by atoms with E-state index in [1.807, 2.05) is 73.5 Å². The lowest BCUT2D eigenvalue weighted by Crippen LogP contribution is -2.44. The summed E-state index contributed by atoms with van der Waals surface area (Å²) in [7, 11) is 0. The number of anilines is 2. The molecule has 0 spiro atoms. The molecule has 4 aromatic rings. The van der Waals surface area contributed by atoms with Crippen molar-refractivity contribution in [2.24, 2.45) is 0 Å². The number of nitrogens with zero attached hydrogens (tertiary/aromatic N) is 4. The molecule has 2 aromatic carbocycles. The molecule has 0 radical (unpaired) electrons. The summed E-state index contributed by atoms with van der Waals surface area (Å²) in [5, 5.41) is 26.0. The molecule has 11 nitrogen and oxygen atoms in total. The number of carboxylic acid groups (broad SMARTS) is 1. The van der Waals surface area contributed by atoms with E-state index >= 15 is 0 Å². The fraction of sp³-hybridized carbons (Fsp3) is 0.432. The summed E-state index contributed by atoms with van der Waals surface area (Å²) in [6.07, 6.45) is 11.0. The first-order chi connectivity index (χ1) is 26.6. The third kappa shape index (κ3) is 8.20. The molecular weight excluding hydrogens is 693 g/mol. The Hall–Kier alpha value is -4.97. The lowest BCUT2D eigenvalue weighted by Gasteiger charge is -2.33. The van der Waals surface area contributed by atoms with E-state index in [-0.39, 0.29) is 17.9 Å². The van der Waals surface area contributed by atoms with E-state index < -0.39 is 12.0 Å². The molecule has 0 unspecified atom stereocenters. The fourth-order valence-electron chi connectivity index (χ4n) is 8.43. The molecule has 0 bridgehead atoms. The Kier molecular flexibility index (Phi) is 10.5. The third-order valence-corrected chi connectivity index (χ3v) is 11.9. The number of pyridine rings is 2. The average molecular weight is 743 g/mol. The van der Waals surface area contributed by atoms with Gasteiger partial charge < -0.3 is 20.8 Å². The number of hydrogen-bond acceptors (Lipinski definition) is 8. The molecule has 4 aliphatic rings. The summed E-state index contributed by atoms with van der Waals surface area (Å²) < 4.78 is 0. The molecule has 286 valence electrons. The molecule has 4 fully saturated rings. The summed E-state index contributed by atoms with van der Waals surface area (Å²) in [6, 6.07) is 15.0. The Bertz CT molecular complexity index is 2130. The number of carbonyl (C=O) groups is 3. The zero-order chi connectivity index (χ0) is 38.2. The van der Waals surface area contributed by atoms with Gasteiger partial charge in [0.25, 0.3) is 11.8 Å². The van der Waals surface area contributed by atoms with Gasteiger partial charge in [-0.2, -0.15) is 0 Å². The number of carbonyl (C=O) groups excluding carboxylic acids is 2. The van der Waals surface area contributed by atoms with Crippen LogP contribution in [-0.2, 0) is 17.9 Å². The predicted molar refractivity (Wildman–Crippen MR) is 211 cm³/mol. The van der Waals surface area contributed by atoms with E-state index in [0.717, 1.165) is 104 Å². The van der Waals surface area contributed by atoms with Gasteiger partial charge in [0.15, 0.2) is 0 Å². The molecule has 2 aliphatic carbocycles. The van der Waals surface area contributed by atoms with Gasteiger partial charge >= 0.3 is 5.97 Å². The first-order valence-corrected chi connectivity index (χ1v) is 19.8. The second-order valence-corrected chi connectivity index (χ2v) is 15.9. The number of rotatable bonds is 12. The number of aliphatic hydroxyl groups is 1. The van der Waals surface area contributed by atoms with Crippen LogP contribution in [0, 0.1) is 13.8 Å². The number of aliphatic hydroxyl groups excluding tert-OH is 1. The largest absolute Gasteiger partial charge is 0.480 e. The van der Waals surface area contributed by atoms with Crippen LogP contribution in [0.4, 0.5) is 11.4 Å². The number of carboxylic acids is 1. The highest BCUT2D eigenvalue weighted by Crippen LogP contribution is 2.43. The predicted octanol–water partition coefficient (Wildman–Crippen LogP) is 7.03. The van der Waals surface area contributed by atoms with Crippen molar-refractivity contribution in [3.8, 4) is 11.1 Å². The topological polar surface area (TPSA) is 148 Å². The van der Waals surface area contributed by atoms with Crippen LogP contribution in [0.2, 0.25) is 0 Å². The van der Waals surface area contributed by atoms with Crippen LogP contribution in [-0.4, -0.2) is 79.5 Å². The number of piperidine rings is 1. The van der Waals surface area contributed by atoms with Crippen molar-refractivity contribution in [2.75, 3.05) is 30.3 Å². The zero-order valence-electron chi connectivity index (χ0n) is 31.7. The van der Waals surface area contributed by atoms with E-state index in [1.54, 1.807) is 6.20 Å². The summed E-state index contributed by atoms with van der Waals surface area (Å²) in [4.78, 5) is 52.7. The standard InChI is InChI=1S/C44H50N6O5/c1-26-33(7-5-9-37(26)47-42(52)39-19-35(28-12-13-28)30(21-45-39)23-49-18-16-32(51)25-49)34-8-6-10-38(27(34)2)48-43(53)40-20-36(29-14-15-29)31(22-46-40)24-50-17-4-3-11-41(50)44(54)55/h5-10,19-22,28-29,32,41,51H,3-4,11-18,23-25H2,1-2H3,(H,47,52)(H,48,53)(H,54,55)/t32-,41-/m0/s1. The molecule has 11 heteroatoms. The van der Waals surface area contributed by atoms with Crippen molar-refractivity contribution in [2.45, 2.75) is 102 Å². The minimum absolute atomic E-state index is 0.259. The third-order valence-electron chi connectivity index (χ3n) is 11.9. The zero-order valence-corrected chi connectivity index (χ0v) is 31.7. The van der Waals surface area contributed by atoms with E-state index in [9.17, 15) is 24.6 Å². The van der Waals surface area contributed by atoms with Crippen LogP contribution >= 0.6 is 0 Å². The van der Waals surface area contributed by atoms with E-state index in [1.165, 1.54) is 5.56 Å². The van der Waals surface area contributed by atoms with Crippen LogP contribution < -0.4 is 10.6 Å². The number of likely N-dealkylation sites (tertiary alicyclic amines) is 2. The Morgan fingerprint density at radius 3 is 1.76 bits per heavy atom. The maximum Gasteiger partial charge on any atom is 0.320 e. The van der Waals surface area contributed by atoms with Gasteiger partial charge in [-0.3, -0.25) is 34.2 Å². The first kappa shape index (κ1) is 37.0. The fourth-order valence-corrected chi connectivity index (χ4v) is 8.43. The van der Waals surface area contributed by atoms with Gasteiger partial charge in [-0.15, -0.1) is 0 Å². The Labute approximate surface area is 322 Å². The van der Waals surface area contributed by atoms with Crippen molar-refractivity contribution in [3.63, 3.8) is 0 Å². The highest BCUT2D eigenvalue weighted by atomic mass is 16.4. The molecule has 2 atom stereocenters. The van der Waals surface area contributed by atoms with Crippen molar-refractivity contribution >= 4 is 29.2 Å². The second kappa shape index (κ2) is 15.6. The number of benzene rings is 2. The summed E-state index contributed by atoms with van der Waals surface area (Å²) in [5.74, 6) is -0.520. The highest BCUT2D eigenvalue weighted by molar-refractivity contribution is 6.05. The van der Waals surface area contributed by atoms with Crippen LogP contribution in [0.3, 0.4) is 0 Å². The smallest absolute Gasteiger partial charge is 0.320 e. The van der Waals surface area contributed by atoms with Crippen molar-refractivity contribution in [1.29, 1.82) is 0 Å². The summed E-state index contributed by atoms with van der Waals surface area (Å²) >= 11 is 0. The number of aromatic nitrogens is 2. The molecule has 55 heavy (non-hydrogen) atoms. The molecule has 2 saturated carbocycles.